The summed E-state index contributed by atoms with van der Waals surface area (Å²) in [5, 5.41) is 14.2. The Morgan fingerprint density at radius 2 is 2.03 bits per heavy atom. The minimum absolute atomic E-state index is 0.159. The zero-order valence-corrected chi connectivity index (χ0v) is 18.7. The Balaban J connectivity index is 1.27. The number of carbonyl (C=O) groups excluding carboxylic acids is 1. The fourth-order valence-electron chi connectivity index (χ4n) is 4.75. The van der Waals surface area contributed by atoms with Gasteiger partial charge in [0, 0.05) is 62.1 Å². The molecular weight excluding hydrogens is 418 g/mol. The van der Waals surface area contributed by atoms with E-state index in [2.05, 4.69) is 22.0 Å². The molecule has 1 saturated carbocycles. The number of aliphatic hydroxyl groups is 1. The van der Waals surface area contributed by atoms with Crippen LogP contribution in [0.1, 0.15) is 43.1 Å². The maximum atomic E-state index is 11.5. The van der Waals surface area contributed by atoms with Gasteiger partial charge in [-0.3, -0.25) is 4.79 Å². The number of nitrogens with two attached hydrogens (primary N) is 1. The normalized spacial score (nSPS) is 22.9. The molecule has 0 radical (unpaired) electrons. The number of benzene rings is 1. The molecule has 5 rings (SSSR count). The van der Waals surface area contributed by atoms with Gasteiger partial charge < -0.3 is 24.8 Å². The third kappa shape index (κ3) is 4.06. The Morgan fingerprint density at radius 3 is 2.67 bits per heavy atom. The van der Waals surface area contributed by atoms with E-state index in [0.29, 0.717) is 41.6 Å². The van der Waals surface area contributed by atoms with Crippen molar-refractivity contribution < 1.29 is 14.4 Å². The second-order valence-corrected chi connectivity index (χ2v) is 8.86. The number of hydrogen-bond acceptors (Lipinski definition) is 6. The highest BCUT2D eigenvalue weighted by molar-refractivity contribution is 5.74. The predicted octanol–water partition coefficient (Wildman–Crippen LogP) is 2.22. The number of hydrogen-bond donors (Lipinski definition) is 2. The second kappa shape index (κ2) is 8.50. The zero-order valence-electron chi connectivity index (χ0n) is 18.7. The highest BCUT2D eigenvalue weighted by atomic mass is 16.5. The highest BCUT2D eigenvalue weighted by Crippen LogP contribution is 2.51. The van der Waals surface area contributed by atoms with Gasteiger partial charge >= 0.3 is 0 Å². The number of nitrogens with zero attached hydrogens (tertiary/aromatic N) is 4. The van der Waals surface area contributed by atoms with Crippen molar-refractivity contribution in [3.63, 3.8) is 0 Å². The van der Waals surface area contributed by atoms with E-state index in [1.807, 2.05) is 39.8 Å². The lowest BCUT2D eigenvalue weighted by Gasteiger charge is -2.17. The standard InChI is InChI=1S/C25H27N5O3/c1-15(31)25-27-9-10-30(25)23(12-26)22-11-24(33-28-22)18-6-3-17(4-7-18)5-8-19-20-13-29(16(2)32)14-21(19)20/h3-4,6-7,9-11,15,19-21,23,31H,12-14,26H2,1-2H3/t15-,19?,20-,21+,23?/m0/s1. The molecule has 2 fully saturated rings. The second-order valence-electron chi connectivity index (χ2n) is 8.86. The summed E-state index contributed by atoms with van der Waals surface area (Å²) in [5.41, 5.74) is 8.53. The number of rotatable bonds is 5. The van der Waals surface area contributed by atoms with Gasteiger partial charge in [0.15, 0.2) is 5.76 Å². The Morgan fingerprint density at radius 1 is 1.30 bits per heavy atom. The smallest absolute Gasteiger partial charge is 0.219 e. The number of amides is 1. The van der Waals surface area contributed by atoms with Crippen molar-refractivity contribution >= 4 is 5.91 Å². The minimum atomic E-state index is -0.711. The van der Waals surface area contributed by atoms with Crippen molar-refractivity contribution in [3.8, 4) is 23.2 Å². The van der Waals surface area contributed by atoms with Crippen molar-refractivity contribution in [2.45, 2.75) is 26.0 Å². The summed E-state index contributed by atoms with van der Waals surface area (Å²) >= 11 is 0. The molecule has 8 nitrogen and oxygen atoms in total. The zero-order chi connectivity index (χ0) is 23.1. The van der Waals surface area contributed by atoms with Crippen LogP contribution in [0, 0.1) is 29.6 Å². The van der Waals surface area contributed by atoms with Gasteiger partial charge in [-0.25, -0.2) is 4.98 Å². The molecule has 1 aliphatic carbocycles. The molecule has 2 unspecified atom stereocenters. The van der Waals surface area contributed by atoms with E-state index in [-0.39, 0.29) is 11.9 Å². The first-order valence-electron chi connectivity index (χ1n) is 11.2. The number of likely N-dealkylation sites (tertiary alicyclic amines) is 1. The maximum Gasteiger partial charge on any atom is 0.219 e. The largest absolute Gasteiger partial charge is 0.385 e. The van der Waals surface area contributed by atoms with Crippen molar-refractivity contribution in [1.82, 2.24) is 19.6 Å². The number of imidazole rings is 1. The summed E-state index contributed by atoms with van der Waals surface area (Å²) in [5.74, 6) is 9.47. The summed E-state index contributed by atoms with van der Waals surface area (Å²) in [6, 6.07) is 9.48. The van der Waals surface area contributed by atoms with Crippen LogP contribution in [-0.4, -0.2) is 50.3 Å². The van der Waals surface area contributed by atoms with Gasteiger partial charge in [-0.15, -0.1) is 0 Å². The quantitative estimate of drug-likeness (QED) is 0.583. The number of aromatic nitrogens is 3. The summed E-state index contributed by atoms with van der Waals surface area (Å²) in [4.78, 5) is 17.6. The van der Waals surface area contributed by atoms with Crippen molar-refractivity contribution in [2.75, 3.05) is 19.6 Å². The van der Waals surface area contributed by atoms with E-state index in [4.69, 9.17) is 10.3 Å². The topological polar surface area (TPSA) is 110 Å². The lowest BCUT2D eigenvalue weighted by Crippen LogP contribution is -2.28. The molecule has 1 aliphatic heterocycles. The van der Waals surface area contributed by atoms with Gasteiger partial charge in [-0.05, 0) is 43.0 Å². The molecule has 0 spiro atoms. The first-order chi connectivity index (χ1) is 16.0. The van der Waals surface area contributed by atoms with Gasteiger partial charge in [0.2, 0.25) is 5.91 Å². The molecule has 1 saturated heterocycles. The summed E-state index contributed by atoms with van der Waals surface area (Å²) in [6.45, 7) is 5.28. The van der Waals surface area contributed by atoms with Gasteiger partial charge in [-0.1, -0.05) is 17.0 Å². The molecule has 3 heterocycles. The van der Waals surface area contributed by atoms with Crippen LogP contribution < -0.4 is 5.73 Å². The van der Waals surface area contributed by atoms with Crippen molar-refractivity contribution in [1.29, 1.82) is 0 Å². The third-order valence-corrected chi connectivity index (χ3v) is 6.69. The highest BCUT2D eigenvalue weighted by Gasteiger charge is 2.55. The van der Waals surface area contributed by atoms with Crippen molar-refractivity contribution in [2.24, 2.45) is 23.5 Å². The number of piperidine rings is 1. The van der Waals surface area contributed by atoms with E-state index < -0.39 is 6.10 Å². The molecule has 3 aromatic rings. The number of aliphatic hydroxyl groups excluding tert-OH is 1. The number of carbonyl (C=O) groups is 1. The predicted molar refractivity (Wildman–Crippen MR) is 122 cm³/mol. The molecule has 5 atom stereocenters. The van der Waals surface area contributed by atoms with Gasteiger partial charge in [0.1, 0.15) is 17.6 Å². The molecule has 2 aromatic heterocycles. The van der Waals surface area contributed by atoms with E-state index >= 15 is 0 Å². The van der Waals surface area contributed by atoms with Crippen LogP contribution in [0.4, 0.5) is 0 Å². The molecular formula is C25H27N5O3. The van der Waals surface area contributed by atoms with Crippen molar-refractivity contribution in [3.05, 3.63) is 59.8 Å². The van der Waals surface area contributed by atoms with Gasteiger partial charge in [-0.2, -0.15) is 0 Å². The van der Waals surface area contributed by atoms with Gasteiger partial charge in [0.25, 0.3) is 0 Å². The first kappa shape index (κ1) is 21.4. The monoisotopic (exact) mass is 445 g/mol. The Bertz CT molecular complexity index is 1200. The van der Waals surface area contributed by atoms with Crippen LogP contribution >= 0.6 is 0 Å². The van der Waals surface area contributed by atoms with Crippen LogP contribution in [0.5, 0.6) is 0 Å². The molecule has 33 heavy (non-hydrogen) atoms. The summed E-state index contributed by atoms with van der Waals surface area (Å²) in [6.07, 6.45) is 2.71. The van der Waals surface area contributed by atoms with Crippen LogP contribution in [0.2, 0.25) is 0 Å². The van der Waals surface area contributed by atoms with Crippen LogP contribution in [0.15, 0.2) is 47.2 Å². The summed E-state index contributed by atoms with van der Waals surface area (Å²) in [7, 11) is 0. The van der Waals surface area contributed by atoms with E-state index in [1.54, 1.807) is 26.2 Å². The SMILES string of the molecule is CC(=O)N1C[C@@H]2C(C#Cc3ccc(-c4cc(C(CN)n5ccnc5[C@H](C)O)no4)cc3)[C@@H]2C1. The fraction of sp³-hybridized carbons (Fsp3) is 0.400. The average Bonchev–Trinajstić information content (AvgIpc) is 3.32. The molecule has 0 bridgehead atoms. The lowest BCUT2D eigenvalue weighted by molar-refractivity contribution is -0.128. The average molecular weight is 446 g/mol. The fourth-order valence-corrected chi connectivity index (χ4v) is 4.75. The third-order valence-electron chi connectivity index (χ3n) is 6.69. The minimum Gasteiger partial charge on any atom is -0.385 e. The summed E-state index contributed by atoms with van der Waals surface area (Å²) < 4.78 is 7.42. The maximum absolute atomic E-state index is 11.5. The first-order valence-corrected chi connectivity index (χ1v) is 11.2. The Labute approximate surface area is 192 Å². The van der Waals surface area contributed by atoms with E-state index in [9.17, 15) is 9.90 Å². The Hall–Kier alpha value is -3.41. The van der Waals surface area contributed by atoms with Gasteiger partial charge in [0.05, 0.1) is 6.04 Å². The molecule has 3 N–H and O–H groups in total. The molecule has 8 heteroatoms. The number of fused-ring (bicyclic) bond motifs is 1. The Kier molecular flexibility index (Phi) is 5.52. The molecule has 1 amide bonds. The van der Waals surface area contributed by atoms with E-state index in [0.717, 1.165) is 24.2 Å². The van der Waals surface area contributed by atoms with Crippen LogP contribution in [-0.2, 0) is 4.79 Å². The van der Waals surface area contributed by atoms with Crippen LogP contribution in [0.25, 0.3) is 11.3 Å². The molecule has 170 valence electrons. The van der Waals surface area contributed by atoms with Crippen LogP contribution in [0.3, 0.4) is 0 Å². The molecule has 1 aromatic carbocycles. The lowest BCUT2D eigenvalue weighted by atomic mass is 10.1. The molecule has 2 aliphatic rings. The van der Waals surface area contributed by atoms with E-state index in [1.165, 1.54) is 0 Å².